The molecule has 0 heterocycles. The molecule has 112 valence electrons. The average molecular weight is 280 g/mol. The highest BCUT2D eigenvalue weighted by Gasteiger charge is 2.26. The summed E-state index contributed by atoms with van der Waals surface area (Å²) >= 11 is 0. The van der Waals surface area contributed by atoms with Crippen LogP contribution in [0.2, 0.25) is 0 Å². The zero-order valence-electron chi connectivity index (χ0n) is 12.2. The van der Waals surface area contributed by atoms with E-state index in [-0.39, 0.29) is 12.9 Å². The highest BCUT2D eigenvalue weighted by Crippen LogP contribution is 2.16. The van der Waals surface area contributed by atoms with Gasteiger partial charge in [0.2, 0.25) is 0 Å². The summed E-state index contributed by atoms with van der Waals surface area (Å²) in [6.07, 6.45) is 0.995. The van der Waals surface area contributed by atoms with Gasteiger partial charge in [-0.3, -0.25) is 0 Å². The molecule has 0 bridgehead atoms. The molecule has 3 atom stereocenters. The average Bonchev–Trinajstić information content (AvgIpc) is 2.45. The molecule has 0 amide bonds. The molecule has 1 aromatic carbocycles. The maximum atomic E-state index is 9.91. The summed E-state index contributed by atoms with van der Waals surface area (Å²) in [5, 5.41) is 9.91. The Kier molecular flexibility index (Phi) is 8.14. The van der Waals surface area contributed by atoms with E-state index in [0.29, 0.717) is 13.0 Å². The molecular formula is C16H24O4. The van der Waals surface area contributed by atoms with Gasteiger partial charge in [0.1, 0.15) is 12.9 Å². The molecule has 0 saturated heterocycles. The quantitative estimate of drug-likeness (QED) is 0.528. The van der Waals surface area contributed by atoms with Crippen molar-refractivity contribution in [1.29, 1.82) is 0 Å². The molecule has 4 nitrogen and oxygen atoms in total. The van der Waals surface area contributed by atoms with Gasteiger partial charge in [0.25, 0.3) is 0 Å². The van der Waals surface area contributed by atoms with Crippen LogP contribution in [0.4, 0.5) is 0 Å². The topological polar surface area (TPSA) is 47.9 Å². The van der Waals surface area contributed by atoms with Crippen LogP contribution in [0.1, 0.15) is 18.9 Å². The fraction of sp³-hybridized carbons (Fsp3) is 0.500. The minimum atomic E-state index is -0.638. The first-order valence-electron chi connectivity index (χ1n) is 6.74. The number of rotatable bonds is 10. The number of aliphatic hydroxyl groups excluding tert-OH is 1. The van der Waals surface area contributed by atoms with Crippen LogP contribution in [0.5, 0.6) is 0 Å². The van der Waals surface area contributed by atoms with Crippen molar-refractivity contribution in [3.63, 3.8) is 0 Å². The van der Waals surface area contributed by atoms with Crippen LogP contribution < -0.4 is 0 Å². The monoisotopic (exact) mass is 280 g/mol. The van der Waals surface area contributed by atoms with Crippen molar-refractivity contribution in [2.24, 2.45) is 0 Å². The Hall–Kier alpha value is -1.20. The standard InChI is InChI=1S/C16H24O4/c1-4-8-15(20-12-18-3)16(13(2)17)19-11-14-9-6-5-7-10-14/h4-7,9-10,13,15-17H,1,8,11-12H2,2-3H3/t13-,15-,16-/m1/s1. The molecule has 1 N–H and O–H groups in total. The number of benzene rings is 1. The predicted octanol–water partition coefficient (Wildman–Crippen LogP) is 2.52. The molecule has 0 aliphatic heterocycles. The van der Waals surface area contributed by atoms with E-state index in [1.807, 2.05) is 30.3 Å². The van der Waals surface area contributed by atoms with E-state index >= 15 is 0 Å². The summed E-state index contributed by atoms with van der Waals surface area (Å²) in [6.45, 7) is 6.00. The van der Waals surface area contributed by atoms with Gasteiger partial charge in [0, 0.05) is 7.11 Å². The Balaban J connectivity index is 2.62. The third kappa shape index (κ3) is 5.84. The smallest absolute Gasteiger partial charge is 0.146 e. The molecule has 0 spiro atoms. The van der Waals surface area contributed by atoms with Gasteiger partial charge in [-0.25, -0.2) is 0 Å². The second-order valence-electron chi connectivity index (χ2n) is 4.64. The first-order chi connectivity index (χ1) is 9.69. The van der Waals surface area contributed by atoms with Gasteiger partial charge in [-0.05, 0) is 18.9 Å². The predicted molar refractivity (Wildman–Crippen MR) is 78.3 cm³/mol. The molecule has 1 rings (SSSR count). The Bertz CT molecular complexity index is 364. The van der Waals surface area contributed by atoms with Crippen molar-refractivity contribution < 1.29 is 19.3 Å². The van der Waals surface area contributed by atoms with Crippen LogP contribution in [0.25, 0.3) is 0 Å². The largest absolute Gasteiger partial charge is 0.391 e. The molecule has 4 heteroatoms. The van der Waals surface area contributed by atoms with Crippen LogP contribution in [-0.4, -0.2) is 37.3 Å². The van der Waals surface area contributed by atoms with E-state index in [1.54, 1.807) is 20.1 Å². The van der Waals surface area contributed by atoms with Gasteiger partial charge >= 0.3 is 0 Å². The van der Waals surface area contributed by atoms with Crippen LogP contribution in [0.15, 0.2) is 43.0 Å². The number of hydrogen-bond donors (Lipinski definition) is 1. The van der Waals surface area contributed by atoms with Gasteiger partial charge in [-0.15, -0.1) is 6.58 Å². The van der Waals surface area contributed by atoms with Crippen LogP contribution in [0.3, 0.4) is 0 Å². The first kappa shape index (κ1) is 16.9. The van der Waals surface area contributed by atoms with E-state index in [1.165, 1.54) is 0 Å². The summed E-state index contributed by atoms with van der Waals surface area (Å²) in [5.74, 6) is 0. The molecule has 0 aliphatic rings. The lowest BCUT2D eigenvalue weighted by Crippen LogP contribution is -2.40. The summed E-state index contributed by atoms with van der Waals surface area (Å²) in [4.78, 5) is 0. The van der Waals surface area contributed by atoms with Crippen LogP contribution in [0, 0.1) is 0 Å². The van der Waals surface area contributed by atoms with Gasteiger partial charge in [0.15, 0.2) is 0 Å². The minimum Gasteiger partial charge on any atom is -0.391 e. The normalized spacial score (nSPS) is 15.6. The Morgan fingerprint density at radius 2 is 1.95 bits per heavy atom. The highest BCUT2D eigenvalue weighted by atomic mass is 16.7. The second kappa shape index (κ2) is 9.66. The van der Waals surface area contributed by atoms with E-state index in [2.05, 4.69) is 6.58 Å². The zero-order chi connectivity index (χ0) is 14.8. The maximum Gasteiger partial charge on any atom is 0.146 e. The molecule has 0 aromatic heterocycles. The van der Waals surface area contributed by atoms with Gasteiger partial charge < -0.3 is 19.3 Å². The molecule has 0 fully saturated rings. The Labute approximate surface area is 121 Å². The highest BCUT2D eigenvalue weighted by molar-refractivity contribution is 5.13. The molecule has 1 aromatic rings. The fourth-order valence-corrected chi connectivity index (χ4v) is 1.94. The van der Waals surface area contributed by atoms with Crippen molar-refractivity contribution in [2.45, 2.75) is 38.3 Å². The van der Waals surface area contributed by atoms with Crippen molar-refractivity contribution in [3.8, 4) is 0 Å². The van der Waals surface area contributed by atoms with Crippen molar-refractivity contribution >= 4 is 0 Å². The molecule has 0 radical (unpaired) electrons. The molecule has 20 heavy (non-hydrogen) atoms. The first-order valence-corrected chi connectivity index (χ1v) is 6.74. The minimum absolute atomic E-state index is 0.163. The molecule has 0 unspecified atom stereocenters. The maximum absolute atomic E-state index is 9.91. The summed E-state index contributed by atoms with van der Waals surface area (Å²) in [6, 6.07) is 9.84. The summed E-state index contributed by atoms with van der Waals surface area (Å²) in [5.41, 5.74) is 1.06. The van der Waals surface area contributed by atoms with E-state index in [4.69, 9.17) is 14.2 Å². The van der Waals surface area contributed by atoms with Gasteiger partial charge in [-0.2, -0.15) is 0 Å². The SMILES string of the molecule is C=CC[C@@H](OCOC)[C@H](OCc1ccccc1)[C@@H](C)O. The lowest BCUT2D eigenvalue weighted by molar-refractivity contribution is -0.156. The Morgan fingerprint density at radius 1 is 1.25 bits per heavy atom. The molecule has 0 aliphatic carbocycles. The van der Waals surface area contributed by atoms with Crippen molar-refractivity contribution in [1.82, 2.24) is 0 Å². The number of methoxy groups -OCH3 is 1. The second-order valence-corrected chi connectivity index (χ2v) is 4.64. The number of aliphatic hydroxyl groups is 1. The van der Waals surface area contributed by atoms with E-state index < -0.39 is 12.2 Å². The van der Waals surface area contributed by atoms with Crippen LogP contribution >= 0.6 is 0 Å². The zero-order valence-corrected chi connectivity index (χ0v) is 12.2. The number of hydrogen-bond acceptors (Lipinski definition) is 4. The van der Waals surface area contributed by atoms with Gasteiger partial charge in [-0.1, -0.05) is 36.4 Å². The third-order valence-electron chi connectivity index (χ3n) is 2.93. The summed E-state index contributed by atoms with van der Waals surface area (Å²) in [7, 11) is 1.56. The van der Waals surface area contributed by atoms with Crippen molar-refractivity contribution in [3.05, 3.63) is 48.6 Å². The fourth-order valence-electron chi connectivity index (χ4n) is 1.94. The lowest BCUT2D eigenvalue weighted by atomic mass is 10.1. The van der Waals surface area contributed by atoms with E-state index in [9.17, 15) is 5.11 Å². The van der Waals surface area contributed by atoms with Crippen molar-refractivity contribution in [2.75, 3.05) is 13.9 Å². The number of ether oxygens (including phenoxy) is 3. The lowest BCUT2D eigenvalue weighted by Gasteiger charge is -2.28. The molecular weight excluding hydrogens is 256 g/mol. The third-order valence-corrected chi connectivity index (χ3v) is 2.93. The van der Waals surface area contributed by atoms with Crippen LogP contribution in [-0.2, 0) is 20.8 Å². The van der Waals surface area contributed by atoms with Gasteiger partial charge in [0.05, 0.1) is 18.8 Å². The summed E-state index contributed by atoms with van der Waals surface area (Å²) < 4.78 is 16.3. The molecule has 0 saturated carbocycles. The Morgan fingerprint density at radius 3 is 2.50 bits per heavy atom. The van der Waals surface area contributed by atoms with E-state index in [0.717, 1.165) is 5.56 Å².